The monoisotopic (exact) mass is 179 g/mol. The van der Waals surface area contributed by atoms with E-state index in [4.69, 9.17) is 4.74 Å². The lowest BCUT2D eigenvalue weighted by molar-refractivity contribution is 0.0785. The molecule has 0 aromatic carbocycles. The van der Waals surface area contributed by atoms with E-state index in [-0.39, 0.29) is 5.92 Å². The fraction of sp³-hybridized carbons (Fsp3) is 0.714. The lowest BCUT2D eigenvalue weighted by Gasteiger charge is -2.19. The third-order valence-corrected chi connectivity index (χ3v) is 1.87. The zero-order valence-electron chi connectivity index (χ0n) is 6.68. The smallest absolute Gasteiger partial charge is 0.445 e. The molecule has 1 nitrogen and oxygen atoms in total. The highest BCUT2D eigenvalue weighted by Gasteiger charge is 2.19. The minimum atomic E-state index is -4.75. The minimum Gasteiger partial charge on any atom is -0.445 e. The van der Waals surface area contributed by atoms with E-state index in [2.05, 4.69) is 0 Å². The number of hydrogen-bond donors (Lipinski definition) is 0. The summed E-state index contributed by atoms with van der Waals surface area (Å²) in [5, 5.41) is 0. The van der Waals surface area contributed by atoms with Crippen molar-refractivity contribution in [2.24, 2.45) is 5.92 Å². The molecule has 1 rings (SSSR count). The number of allylic oxidation sites excluding steroid dienone is 1. The van der Waals surface area contributed by atoms with Crippen molar-refractivity contribution in [3.8, 4) is 0 Å². The van der Waals surface area contributed by atoms with Gasteiger partial charge in [0.2, 0.25) is 0 Å². The Hall–Kier alpha value is -0.445. The summed E-state index contributed by atoms with van der Waals surface area (Å²) in [6.07, 6.45) is 2.69. The molecule has 0 bridgehead atoms. The quantitative estimate of drug-likeness (QED) is 0.591. The van der Waals surface area contributed by atoms with Crippen LogP contribution < -0.4 is 0 Å². The summed E-state index contributed by atoms with van der Waals surface area (Å²) in [7, 11) is 0. The Morgan fingerprint density at radius 2 is 1.75 bits per heavy atom. The summed E-state index contributed by atoms with van der Waals surface area (Å²) in [5.74, 6) is 0.443. The van der Waals surface area contributed by atoms with E-state index < -0.39 is 6.98 Å². The molecular weight excluding hydrogens is 168 g/mol. The maximum Gasteiger partial charge on any atom is 0.502 e. The third kappa shape index (κ3) is 3.81. The van der Waals surface area contributed by atoms with Crippen LogP contribution in [0.1, 0.15) is 12.8 Å². The first-order valence-corrected chi connectivity index (χ1v) is 4.05. The third-order valence-electron chi connectivity index (χ3n) is 1.87. The van der Waals surface area contributed by atoms with Crippen LogP contribution in [0.25, 0.3) is 0 Å². The highest BCUT2D eigenvalue weighted by molar-refractivity contribution is 6.64. The summed E-state index contributed by atoms with van der Waals surface area (Å²) >= 11 is 0. The summed E-state index contributed by atoms with van der Waals surface area (Å²) in [6.45, 7) is -3.58. The van der Waals surface area contributed by atoms with Crippen molar-refractivity contribution in [2.75, 3.05) is 13.2 Å². The SMILES string of the molecule is F[B-](F)(F)/C=C/C1CCOCC1. The first kappa shape index (κ1) is 9.64. The molecule has 0 N–H and O–H groups in total. The van der Waals surface area contributed by atoms with Crippen LogP contribution in [0.3, 0.4) is 0 Å². The van der Waals surface area contributed by atoms with Gasteiger partial charge >= 0.3 is 6.98 Å². The fourth-order valence-corrected chi connectivity index (χ4v) is 1.19. The topological polar surface area (TPSA) is 9.23 Å². The van der Waals surface area contributed by atoms with Gasteiger partial charge in [0.25, 0.3) is 0 Å². The summed E-state index contributed by atoms with van der Waals surface area (Å²) in [6, 6.07) is 0. The Kier molecular flexibility index (Phi) is 3.20. The van der Waals surface area contributed by atoms with Crippen LogP contribution in [0.4, 0.5) is 12.9 Å². The Morgan fingerprint density at radius 3 is 2.25 bits per heavy atom. The molecule has 0 saturated carbocycles. The van der Waals surface area contributed by atoms with Crippen molar-refractivity contribution in [3.63, 3.8) is 0 Å². The van der Waals surface area contributed by atoms with Gasteiger partial charge in [-0.25, -0.2) is 0 Å². The second-order valence-corrected chi connectivity index (χ2v) is 2.96. The molecule has 1 heterocycles. The van der Waals surface area contributed by atoms with Gasteiger partial charge in [-0.2, -0.15) is 0 Å². The van der Waals surface area contributed by atoms with Crippen LogP contribution in [0.15, 0.2) is 12.1 Å². The van der Waals surface area contributed by atoms with Crippen molar-refractivity contribution in [2.45, 2.75) is 12.8 Å². The lowest BCUT2D eigenvalue weighted by Crippen LogP contribution is -2.16. The molecule has 0 aromatic heterocycles. The summed E-state index contributed by atoms with van der Waals surface area (Å²) < 4.78 is 40.3. The van der Waals surface area contributed by atoms with Crippen molar-refractivity contribution in [1.29, 1.82) is 0 Å². The van der Waals surface area contributed by atoms with Crippen molar-refractivity contribution < 1.29 is 17.7 Å². The van der Waals surface area contributed by atoms with E-state index in [1.165, 1.54) is 6.08 Å². The van der Waals surface area contributed by atoms with E-state index in [0.29, 0.717) is 32.0 Å². The molecule has 0 aliphatic carbocycles. The summed E-state index contributed by atoms with van der Waals surface area (Å²) in [4.78, 5) is 0. The van der Waals surface area contributed by atoms with Gasteiger partial charge in [-0.3, -0.25) is 0 Å². The van der Waals surface area contributed by atoms with Gasteiger partial charge < -0.3 is 17.7 Å². The Morgan fingerprint density at radius 1 is 1.17 bits per heavy atom. The highest BCUT2D eigenvalue weighted by Crippen LogP contribution is 2.18. The van der Waals surface area contributed by atoms with E-state index in [1.54, 1.807) is 0 Å². The second kappa shape index (κ2) is 3.98. The van der Waals surface area contributed by atoms with Crippen LogP contribution >= 0.6 is 0 Å². The van der Waals surface area contributed by atoms with E-state index in [1.807, 2.05) is 0 Å². The first-order chi connectivity index (χ1) is 5.58. The van der Waals surface area contributed by atoms with Crippen LogP contribution in [0.5, 0.6) is 0 Å². The van der Waals surface area contributed by atoms with Crippen molar-refractivity contribution in [1.82, 2.24) is 0 Å². The number of hydrogen-bond acceptors (Lipinski definition) is 1. The van der Waals surface area contributed by atoms with Crippen LogP contribution in [-0.2, 0) is 4.74 Å². The molecule has 1 fully saturated rings. The summed E-state index contributed by atoms with van der Waals surface area (Å²) in [5.41, 5.74) is 0. The number of rotatable bonds is 2. The Balaban J connectivity index is 2.33. The van der Waals surface area contributed by atoms with Crippen LogP contribution in [-0.4, -0.2) is 20.2 Å². The molecule has 0 radical (unpaired) electrons. The van der Waals surface area contributed by atoms with E-state index in [9.17, 15) is 12.9 Å². The molecule has 12 heavy (non-hydrogen) atoms. The van der Waals surface area contributed by atoms with Gasteiger partial charge in [-0.05, 0) is 18.8 Å². The molecule has 1 saturated heterocycles. The molecule has 0 amide bonds. The molecule has 1 aliphatic rings. The normalized spacial score (nSPS) is 21.9. The standard InChI is InChI=1S/C7H11BF3O/c9-8(10,11)4-1-7-2-5-12-6-3-7/h1,4,7H,2-3,5-6H2/q-1/b4-1+. The van der Waals surface area contributed by atoms with Gasteiger partial charge in [0.15, 0.2) is 0 Å². The first-order valence-electron chi connectivity index (χ1n) is 4.05. The lowest BCUT2D eigenvalue weighted by atomic mass is 9.87. The van der Waals surface area contributed by atoms with Gasteiger partial charge in [-0.15, -0.1) is 12.1 Å². The molecule has 0 atom stereocenters. The largest absolute Gasteiger partial charge is 0.502 e. The molecule has 0 aromatic rings. The molecule has 5 heteroatoms. The molecule has 70 valence electrons. The van der Waals surface area contributed by atoms with E-state index >= 15 is 0 Å². The molecular formula is C7H11BF3O-. The Labute approximate surface area is 69.6 Å². The average Bonchev–Trinajstić information content (AvgIpc) is 2.02. The van der Waals surface area contributed by atoms with Crippen LogP contribution in [0, 0.1) is 5.92 Å². The maximum atomic E-state index is 11.8. The second-order valence-electron chi connectivity index (χ2n) is 2.96. The highest BCUT2D eigenvalue weighted by atomic mass is 19.4. The van der Waals surface area contributed by atoms with Crippen LogP contribution in [0.2, 0.25) is 0 Å². The molecule has 1 aliphatic heterocycles. The fourth-order valence-electron chi connectivity index (χ4n) is 1.19. The van der Waals surface area contributed by atoms with E-state index in [0.717, 1.165) is 0 Å². The molecule has 0 unspecified atom stereocenters. The Bertz CT molecular complexity index is 161. The zero-order valence-corrected chi connectivity index (χ0v) is 6.68. The predicted molar refractivity (Wildman–Crippen MR) is 41.8 cm³/mol. The number of halogens is 3. The average molecular weight is 179 g/mol. The van der Waals surface area contributed by atoms with Crippen molar-refractivity contribution >= 4 is 6.98 Å². The van der Waals surface area contributed by atoms with Gasteiger partial charge in [0.1, 0.15) is 0 Å². The number of ether oxygens (including phenoxy) is 1. The minimum absolute atomic E-state index is 0.0576. The maximum absolute atomic E-state index is 11.8. The van der Waals surface area contributed by atoms with Gasteiger partial charge in [0.05, 0.1) is 0 Å². The molecule has 0 spiro atoms. The van der Waals surface area contributed by atoms with Gasteiger partial charge in [-0.1, -0.05) is 0 Å². The predicted octanol–water partition coefficient (Wildman–Crippen LogP) is 2.36. The van der Waals surface area contributed by atoms with Gasteiger partial charge in [0, 0.05) is 13.2 Å². The zero-order chi connectivity index (χ0) is 9.03. The van der Waals surface area contributed by atoms with Crippen molar-refractivity contribution in [3.05, 3.63) is 12.1 Å².